The van der Waals surface area contributed by atoms with Crippen molar-refractivity contribution in [3.8, 4) is 17.2 Å². The molecule has 0 unspecified atom stereocenters. The molecule has 3 rings (SSSR count). The number of likely N-dealkylation sites (N-methyl/N-ethyl adjacent to an activating group) is 1. The molecule has 0 bridgehead atoms. The molecule has 0 radical (unpaired) electrons. The van der Waals surface area contributed by atoms with E-state index in [1.165, 1.54) is 12.0 Å². The Balaban J connectivity index is 1.51. The first-order valence-electron chi connectivity index (χ1n) is 8.47. The van der Waals surface area contributed by atoms with Gasteiger partial charge in [-0.25, -0.2) is 0 Å². The van der Waals surface area contributed by atoms with Gasteiger partial charge in [0.25, 0.3) is 5.91 Å². The Labute approximate surface area is 152 Å². The molecule has 0 saturated carbocycles. The minimum absolute atomic E-state index is 0.0105. The maximum atomic E-state index is 12.3. The first-order valence-corrected chi connectivity index (χ1v) is 8.47. The van der Waals surface area contributed by atoms with Gasteiger partial charge in [0.15, 0.2) is 6.61 Å². The Bertz CT molecular complexity index is 828. The van der Waals surface area contributed by atoms with E-state index in [9.17, 15) is 4.79 Å². The van der Waals surface area contributed by atoms with Gasteiger partial charge in [-0.2, -0.15) is 0 Å². The second-order valence-corrected chi connectivity index (χ2v) is 5.98. The van der Waals surface area contributed by atoms with Crippen LogP contribution in [0, 0.1) is 0 Å². The number of hydrogen-bond donors (Lipinski definition) is 0. The minimum Gasteiger partial charge on any atom is -0.484 e. The number of ether oxygens (including phenoxy) is 1. The third-order valence-corrected chi connectivity index (χ3v) is 4.10. The fraction of sp³-hybridized carbons (Fsp3) is 0.250. The van der Waals surface area contributed by atoms with Crippen molar-refractivity contribution in [3.63, 3.8) is 0 Å². The lowest BCUT2D eigenvalue weighted by atomic mass is 10.1. The van der Waals surface area contributed by atoms with Crippen LogP contribution in [-0.4, -0.2) is 34.7 Å². The highest BCUT2D eigenvalue weighted by Crippen LogP contribution is 2.20. The molecule has 134 valence electrons. The van der Waals surface area contributed by atoms with E-state index in [4.69, 9.17) is 9.15 Å². The van der Waals surface area contributed by atoms with E-state index < -0.39 is 0 Å². The van der Waals surface area contributed by atoms with E-state index in [0.717, 1.165) is 17.5 Å². The summed E-state index contributed by atoms with van der Waals surface area (Å²) in [7, 11) is 1.78. The zero-order chi connectivity index (χ0) is 18.4. The molecule has 0 spiro atoms. The molecule has 0 aliphatic rings. The second kappa shape index (κ2) is 8.29. The highest BCUT2D eigenvalue weighted by molar-refractivity contribution is 5.77. The van der Waals surface area contributed by atoms with Gasteiger partial charge in [-0.1, -0.05) is 31.2 Å². The summed E-state index contributed by atoms with van der Waals surface area (Å²) in [5.41, 5.74) is 3.19. The molecule has 0 fully saturated rings. The van der Waals surface area contributed by atoms with Crippen LogP contribution in [0.2, 0.25) is 0 Å². The summed E-state index contributed by atoms with van der Waals surface area (Å²) in [5.74, 6) is 0.981. The standard InChI is InChI=1S/C20H21N3O3/c1-3-15-4-6-16(7-5-15)12-23(2)19(24)13-25-18-10-8-17(9-11-18)20-22-21-14-26-20/h4-11,14H,3,12-13H2,1-2H3. The van der Waals surface area contributed by atoms with E-state index >= 15 is 0 Å². The van der Waals surface area contributed by atoms with Crippen molar-refractivity contribution < 1.29 is 13.9 Å². The maximum absolute atomic E-state index is 12.3. The van der Waals surface area contributed by atoms with Crippen molar-refractivity contribution in [2.24, 2.45) is 0 Å². The van der Waals surface area contributed by atoms with Crippen LogP contribution >= 0.6 is 0 Å². The summed E-state index contributed by atoms with van der Waals surface area (Å²) in [6.45, 7) is 2.67. The van der Waals surface area contributed by atoms with Crippen molar-refractivity contribution in [2.75, 3.05) is 13.7 Å². The first kappa shape index (κ1) is 17.7. The van der Waals surface area contributed by atoms with Crippen LogP contribution in [0.25, 0.3) is 11.5 Å². The van der Waals surface area contributed by atoms with E-state index in [1.54, 1.807) is 24.1 Å². The molecule has 0 aliphatic carbocycles. The molecule has 0 saturated heterocycles. The quantitative estimate of drug-likeness (QED) is 0.653. The summed E-state index contributed by atoms with van der Waals surface area (Å²) in [5, 5.41) is 7.49. The average molecular weight is 351 g/mol. The zero-order valence-electron chi connectivity index (χ0n) is 14.9. The molecule has 26 heavy (non-hydrogen) atoms. The van der Waals surface area contributed by atoms with Crippen LogP contribution in [-0.2, 0) is 17.8 Å². The fourth-order valence-electron chi connectivity index (χ4n) is 2.49. The molecule has 0 atom stereocenters. The number of amides is 1. The lowest BCUT2D eigenvalue weighted by Gasteiger charge is -2.18. The number of hydrogen-bond acceptors (Lipinski definition) is 5. The molecule has 1 heterocycles. The number of benzene rings is 2. The number of rotatable bonds is 7. The Morgan fingerprint density at radius 3 is 2.38 bits per heavy atom. The Kier molecular flexibility index (Phi) is 5.63. The van der Waals surface area contributed by atoms with Crippen LogP contribution in [0.3, 0.4) is 0 Å². The van der Waals surface area contributed by atoms with Gasteiger partial charge in [-0.3, -0.25) is 4.79 Å². The number of aryl methyl sites for hydroxylation is 1. The van der Waals surface area contributed by atoms with Crippen LogP contribution in [0.1, 0.15) is 18.1 Å². The van der Waals surface area contributed by atoms with Gasteiger partial charge in [-0.15, -0.1) is 10.2 Å². The SMILES string of the molecule is CCc1ccc(CN(C)C(=O)COc2ccc(-c3nnco3)cc2)cc1. The third-order valence-electron chi connectivity index (χ3n) is 4.10. The van der Waals surface area contributed by atoms with E-state index in [-0.39, 0.29) is 12.5 Å². The van der Waals surface area contributed by atoms with Gasteiger partial charge in [0.05, 0.1) is 0 Å². The Morgan fingerprint density at radius 1 is 1.08 bits per heavy atom. The maximum Gasteiger partial charge on any atom is 0.260 e. The van der Waals surface area contributed by atoms with Crippen molar-refractivity contribution in [3.05, 3.63) is 66.1 Å². The molecule has 1 amide bonds. The predicted molar refractivity (Wildman–Crippen MR) is 97.5 cm³/mol. The van der Waals surface area contributed by atoms with Crippen molar-refractivity contribution in [1.82, 2.24) is 15.1 Å². The van der Waals surface area contributed by atoms with Gasteiger partial charge in [0, 0.05) is 19.2 Å². The van der Waals surface area contributed by atoms with Crippen LogP contribution in [0.5, 0.6) is 5.75 Å². The molecular weight excluding hydrogens is 330 g/mol. The van der Waals surface area contributed by atoms with E-state index in [1.807, 2.05) is 12.1 Å². The molecule has 6 nitrogen and oxygen atoms in total. The van der Waals surface area contributed by atoms with Crippen LogP contribution in [0.4, 0.5) is 0 Å². The third kappa shape index (κ3) is 4.47. The van der Waals surface area contributed by atoms with Crippen molar-refractivity contribution >= 4 is 5.91 Å². The largest absolute Gasteiger partial charge is 0.484 e. The highest BCUT2D eigenvalue weighted by atomic mass is 16.5. The summed E-state index contributed by atoms with van der Waals surface area (Å²) in [4.78, 5) is 13.9. The summed E-state index contributed by atoms with van der Waals surface area (Å²) in [6.07, 6.45) is 2.29. The van der Waals surface area contributed by atoms with Crippen LogP contribution < -0.4 is 4.74 Å². The Morgan fingerprint density at radius 2 is 1.77 bits per heavy atom. The normalized spacial score (nSPS) is 10.5. The van der Waals surface area contributed by atoms with Gasteiger partial charge >= 0.3 is 0 Å². The lowest BCUT2D eigenvalue weighted by molar-refractivity contribution is -0.132. The Hall–Kier alpha value is -3.15. The molecule has 0 aliphatic heterocycles. The van der Waals surface area contributed by atoms with Crippen molar-refractivity contribution in [2.45, 2.75) is 19.9 Å². The first-order chi connectivity index (χ1) is 12.7. The zero-order valence-corrected chi connectivity index (χ0v) is 14.9. The molecule has 3 aromatic rings. The summed E-state index contributed by atoms with van der Waals surface area (Å²) < 4.78 is 10.7. The lowest BCUT2D eigenvalue weighted by Crippen LogP contribution is -2.30. The number of aromatic nitrogens is 2. The van der Waals surface area contributed by atoms with Gasteiger partial charge in [0.1, 0.15) is 5.75 Å². The number of carbonyl (C=O) groups excluding carboxylic acids is 1. The van der Waals surface area contributed by atoms with E-state index in [2.05, 4.69) is 41.4 Å². The van der Waals surface area contributed by atoms with Crippen LogP contribution in [0.15, 0.2) is 59.3 Å². The van der Waals surface area contributed by atoms with Gasteiger partial charge < -0.3 is 14.1 Å². The smallest absolute Gasteiger partial charge is 0.260 e. The molecule has 6 heteroatoms. The minimum atomic E-state index is -0.0782. The second-order valence-electron chi connectivity index (χ2n) is 5.98. The topological polar surface area (TPSA) is 68.5 Å². The molecular formula is C20H21N3O3. The van der Waals surface area contributed by atoms with Crippen molar-refractivity contribution in [1.29, 1.82) is 0 Å². The highest BCUT2D eigenvalue weighted by Gasteiger charge is 2.11. The summed E-state index contributed by atoms with van der Waals surface area (Å²) >= 11 is 0. The number of carbonyl (C=O) groups is 1. The fourth-order valence-corrected chi connectivity index (χ4v) is 2.49. The molecule has 1 aromatic heterocycles. The average Bonchev–Trinajstić information content (AvgIpc) is 3.22. The molecule has 0 N–H and O–H groups in total. The number of nitrogens with zero attached hydrogens (tertiary/aromatic N) is 3. The summed E-state index contributed by atoms with van der Waals surface area (Å²) in [6, 6.07) is 15.5. The van der Waals surface area contributed by atoms with Gasteiger partial charge in [-0.05, 0) is 41.8 Å². The van der Waals surface area contributed by atoms with Gasteiger partial charge in [0.2, 0.25) is 12.3 Å². The monoisotopic (exact) mass is 351 g/mol. The van der Waals surface area contributed by atoms with E-state index in [0.29, 0.717) is 18.2 Å². The molecule has 2 aromatic carbocycles. The predicted octanol–water partition coefficient (Wildman–Crippen LogP) is 3.34.